The molecule has 3 nitrogen and oxygen atoms in total. The Morgan fingerprint density at radius 1 is 1.58 bits per heavy atom. The highest BCUT2D eigenvalue weighted by molar-refractivity contribution is 5.38. The van der Waals surface area contributed by atoms with Crippen LogP contribution in [-0.2, 0) is 9.53 Å². The summed E-state index contributed by atoms with van der Waals surface area (Å²) in [5, 5.41) is 0. The molecule has 1 aromatic heterocycles. The quantitative estimate of drug-likeness (QED) is 0.639. The van der Waals surface area contributed by atoms with Crippen LogP contribution in [0.2, 0.25) is 0 Å². The molecule has 1 atom stereocenters. The molecule has 1 rings (SSSR count). The molecule has 3 heteroatoms. The van der Waals surface area contributed by atoms with Crippen molar-refractivity contribution >= 4 is 6.47 Å². The highest BCUT2D eigenvalue weighted by Crippen LogP contribution is 2.12. The zero-order valence-corrected chi connectivity index (χ0v) is 7.15. The van der Waals surface area contributed by atoms with Gasteiger partial charge in [0.15, 0.2) is 0 Å². The van der Waals surface area contributed by atoms with Crippen LogP contribution in [0, 0.1) is 6.92 Å². The summed E-state index contributed by atoms with van der Waals surface area (Å²) in [7, 11) is 0. The number of nitrogens with zero attached hydrogens (tertiary/aromatic N) is 1. The van der Waals surface area contributed by atoms with Gasteiger partial charge in [0.2, 0.25) is 0 Å². The van der Waals surface area contributed by atoms with E-state index in [0.717, 1.165) is 11.3 Å². The Morgan fingerprint density at radius 2 is 2.33 bits per heavy atom. The predicted octanol–water partition coefficient (Wildman–Crippen LogP) is 1.62. The van der Waals surface area contributed by atoms with Crippen LogP contribution in [0.5, 0.6) is 0 Å². The third-order valence-corrected chi connectivity index (χ3v) is 1.61. The van der Waals surface area contributed by atoms with E-state index in [4.69, 9.17) is 4.74 Å². The van der Waals surface area contributed by atoms with Gasteiger partial charge >= 0.3 is 0 Å². The van der Waals surface area contributed by atoms with Crippen LogP contribution in [0.25, 0.3) is 0 Å². The van der Waals surface area contributed by atoms with Crippen molar-refractivity contribution in [1.82, 2.24) is 4.98 Å². The summed E-state index contributed by atoms with van der Waals surface area (Å²) >= 11 is 0. The van der Waals surface area contributed by atoms with E-state index in [0.29, 0.717) is 6.47 Å². The lowest BCUT2D eigenvalue weighted by molar-refractivity contribution is -0.133. The Labute approximate surface area is 71.4 Å². The molecule has 0 fully saturated rings. The number of ether oxygens (including phenoxy) is 1. The Balaban J connectivity index is 2.74. The second-order valence-electron chi connectivity index (χ2n) is 2.63. The van der Waals surface area contributed by atoms with Crippen molar-refractivity contribution in [2.75, 3.05) is 0 Å². The Bertz CT molecular complexity index is 256. The van der Waals surface area contributed by atoms with Crippen molar-refractivity contribution in [3.8, 4) is 0 Å². The Kier molecular flexibility index (Phi) is 2.80. The van der Waals surface area contributed by atoms with Crippen LogP contribution in [0.15, 0.2) is 18.3 Å². The number of carbonyl (C=O) groups excluding carboxylic acids is 1. The average molecular weight is 165 g/mol. The summed E-state index contributed by atoms with van der Waals surface area (Å²) < 4.78 is 4.72. The lowest BCUT2D eigenvalue weighted by Gasteiger charge is -2.07. The van der Waals surface area contributed by atoms with Gasteiger partial charge in [0.05, 0.1) is 5.69 Å². The van der Waals surface area contributed by atoms with Gasteiger partial charge in [-0.05, 0) is 25.5 Å². The molecule has 0 aromatic carbocycles. The molecular weight excluding hydrogens is 154 g/mol. The Morgan fingerprint density at radius 3 is 2.83 bits per heavy atom. The van der Waals surface area contributed by atoms with Gasteiger partial charge in [-0.3, -0.25) is 9.78 Å². The summed E-state index contributed by atoms with van der Waals surface area (Å²) in [5.41, 5.74) is 1.87. The SMILES string of the molecule is Cc1ccc(C(C)OC=O)nc1. The molecule has 0 spiro atoms. The number of aryl methyl sites for hydroxylation is 1. The van der Waals surface area contributed by atoms with Crippen molar-refractivity contribution in [2.24, 2.45) is 0 Å². The number of hydrogen-bond donors (Lipinski definition) is 0. The first-order valence-corrected chi connectivity index (χ1v) is 3.75. The topological polar surface area (TPSA) is 39.2 Å². The third kappa shape index (κ3) is 2.05. The second-order valence-corrected chi connectivity index (χ2v) is 2.63. The van der Waals surface area contributed by atoms with E-state index >= 15 is 0 Å². The lowest BCUT2D eigenvalue weighted by Crippen LogP contribution is -2.00. The van der Waals surface area contributed by atoms with Crippen molar-refractivity contribution in [3.05, 3.63) is 29.6 Å². The van der Waals surface area contributed by atoms with Crippen molar-refractivity contribution in [2.45, 2.75) is 20.0 Å². The molecule has 1 unspecified atom stereocenters. The summed E-state index contributed by atoms with van der Waals surface area (Å²) in [6.07, 6.45) is 1.49. The van der Waals surface area contributed by atoms with Gasteiger partial charge in [-0.25, -0.2) is 0 Å². The predicted molar refractivity (Wildman–Crippen MR) is 44.5 cm³/mol. The molecule has 0 radical (unpaired) electrons. The van der Waals surface area contributed by atoms with Gasteiger partial charge in [0.1, 0.15) is 6.10 Å². The third-order valence-electron chi connectivity index (χ3n) is 1.61. The van der Waals surface area contributed by atoms with E-state index in [2.05, 4.69) is 4.98 Å². The molecule has 0 amide bonds. The molecule has 0 aliphatic carbocycles. The zero-order valence-electron chi connectivity index (χ0n) is 7.15. The van der Waals surface area contributed by atoms with Crippen molar-refractivity contribution < 1.29 is 9.53 Å². The maximum Gasteiger partial charge on any atom is 0.293 e. The molecule has 64 valence electrons. The summed E-state index contributed by atoms with van der Waals surface area (Å²) in [5.74, 6) is 0. The summed E-state index contributed by atoms with van der Waals surface area (Å²) in [4.78, 5) is 14.1. The number of pyridine rings is 1. The fraction of sp³-hybridized carbons (Fsp3) is 0.333. The van der Waals surface area contributed by atoms with Crippen LogP contribution < -0.4 is 0 Å². The first kappa shape index (κ1) is 8.71. The van der Waals surface area contributed by atoms with Crippen LogP contribution in [0.4, 0.5) is 0 Å². The molecule has 0 N–H and O–H groups in total. The minimum Gasteiger partial charge on any atom is -0.458 e. The first-order valence-electron chi connectivity index (χ1n) is 3.75. The minimum atomic E-state index is -0.261. The van der Waals surface area contributed by atoms with Gasteiger partial charge in [0, 0.05) is 6.20 Å². The zero-order chi connectivity index (χ0) is 8.97. The van der Waals surface area contributed by atoms with E-state index < -0.39 is 0 Å². The van der Waals surface area contributed by atoms with Crippen LogP contribution >= 0.6 is 0 Å². The molecule has 0 saturated carbocycles. The van der Waals surface area contributed by atoms with Gasteiger partial charge in [-0.2, -0.15) is 0 Å². The average Bonchev–Trinajstić information content (AvgIpc) is 2.06. The standard InChI is InChI=1S/C9H11NO2/c1-7-3-4-9(10-5-7)8(2)12-6-11/h3-6,8H,1-2H3. The number of carbonyl (C=O) groups is 1. The molecule has 0 bridgehead atoms. The van der Waals surface area contributed by atoms with E-state index in [1.807, 2.05) is 19.1 Å². The van der Waals surface area contributed by atoms with Gasteiger partial charge < -0.3 is 4.74 Å². The highest BCUT2D eigenvalue weighted by Gasteiger charge is 2.05. The lowest BCUT2D eigenvalue weighted by atomic mass is 10.2. The monoisotopic (exact) mass is 165 g/mol. The van der Waals surface area contributed by atoms with E-state index in [1.165, 1.54) is 0 Å². The molecule has 1 heterocycles. The maximum atomic E-state index is 10.0. The smallest absolute Gasteiger partial charge is 0.293 e. The van der Waals surface area contributed by atoms with E-state index in [-0.39, 0.29) is 6.10 Å². The summed E-state index contributed by atoms with van der Waals surface area (Å²) in [6.45, 7) is 4.18. The van der Waals surface area contributed by atoms with Crippen molar-refractivity contribution in [1.29, 1.82) is 0 Å². The molecular formula is C9H11NO2. The normalized spacial score (nSPS) is 12.2. The minimum absolute atomic E-state index is 0.261. The fourth-order valence-corrected chi connectivity index (χ4v) is 0.873. The molecule has 12 heavy (non-hydrogen) atoms. The van der Waals surface area contributed by atoms with Gasteiger partial charge in [-0.15, -0.1) is 0 Å². The van der Waals surface area contributed by atoms with E-state index in [9.17, 15) is 4.79 Å². The van der Waals surface area contributed by atoms with Crippen molar-refractivity contribution in [3.63, 3.8) is 0 Å². The second kappa shape index (κ2) is 3.85. The maximum absolute atomic E-state index is 10.0. The van der Waals surface area contributed by atoms with Gasteiger partial charge in [0.25, 0.3) is 6.47 Å². The van der Waals surface area contributed by atoms with Crippen LogP contribution in [-0.4, -0.2) is 11.5 Å². The van der Waals surface area contributed by atoms with Crippen LogP contribution in [0.3, 0.4) is 0 Å². The number of rotatable bonds is 3. The molecule has 0 aliphatic rings. The molecule has 1 aromatic rings. The van der Waals surface area contributed by atoms with Crippen LogP contribution in [0.1, 0.15) is 24.3 Å². The molecule has 0 saturated heterocycles. The van der Waals surface area contributed by atoms with E-state index in [1.54, 1.807) is 13.1 Å². The molecule has 0 aliphatic heterocycles. The fourth-order valence-electron chi connectivity index (χ4n) is 0.873. The highest BCUT2D eigenvalue weighted by atomic mass is 16.5. The Hall–Kier alpha value is -1.38. The first-order chi connectivity index (χ1) is 5.74. The van der Waals surface area contributed by atoms with Gasteiger partial charge in [-0.1, -0.05) is 6.07 Å². The largest absolute Gasteiger partial charge is 0.458 e. The number of aromatic nitrogens is 1. The number of hydrogen-bond acceptors (Lipinski definition) is 3. The summed E-state index contributed by atoms with van der Waals surface area (Å²) in [6, 6.07) is 3.79.